The van der Waals surface area contributed by atoms with Gasteiger partial charge in [0.2, 0.25) is 0 Å². The molecule has 0 radical (unpaired) electrons. The molecular weight excluding hydrogens is 379 g/mol. The molecule has 6 heteroatoms. The molecule has 2 aromatic carbocycles. The van der Waals surface area contributed by atoms with Crippen LogP contribution in [0.25, 0.3) is 6.08 Å². The van der Waals surface area contributed by atoms with E-state index < -0.39 is 11.8 Å². The molecular formula is C18H16BrFO4. The number of rotatable bonds is 6. The lowest BCUT2D eigenvalue weighted by Crippen LogP contribution is -2.01. The zero-order chi connectivity index (χ0) is 17.5. The number of carbonyl (C=O) groups is 1. The van der Waals surface area contributed by atoms with Gasteiger partial charge in [0.05, 0.1) is 14.2 Å². The fourth-order valence-electron chi connectivity index (χ4n) is 1.97. The van der Waals surface area contributed by atoms with Gasteiger partial charge in [-0.1, -0.05) is 22.0 Å². The third kappa shape index (κ3) is 4.83. The van der Waals surface area contributed by atoms with Crippen LogP contribution < -0.4 is 9.47 Å². The van der Waals surface area contributed by atoms with Crippen LogP contribution in [0, 0.1) is 5.82 Å². The highest BCUT2D eigenvalue weighted by Gasteiger charge is 2.06. The molecule has 126 valence electrons. The molecule has 0 aliphatic rings. The molecule has 0 aromatic heterocycles. The molecule has 0 aliphatic carbocycles. The van der Waals surface area contributed by atoms with Gasteiger partial charge in [0.1, 0.15) is 12.4 Å². The number of benzene rings is 2. The second-order valence-electron chi connectivity index (χ2n) is 4.80. The van der Waals surface area contributed by atoms with Crippen molar-refractivity contribution in [1.82, 2.24) is 0 Å². The highest BCUT2D eigenvalue weighted by molar-refractivity contribution is 9.10. The molecule has 0 amide bonds. The van der Waals surface area contributed by atoms with E-state index in [-0.39, 0.29) is 6.61 Å². The largest absolute Gasteiger partial charge is 0.493 e. The summed E-state index contributed by atoms with van der Waals surface area (Å²) in [7, 11) is 3.08. The standard InChI is InChI=1S/C18H16BrFO4/c1-22-16-7-3-12(9-17(16)23-2)11-24-18(21)8-4-13-10-14(19)5-6-15(13)20/h3-10H,11H2,1-2H3/b8-4+. The van der Waals surface area contributed by atoms with Gasteiger partial charge in [-0.15, -0.1) is 0 Å². The fourth-order valence-corrected chi connectivity index (χ4v) is 2.35. The first-order chi connectivity index (χ1) is 11.5. The average molecular weight is 395 g/mol. The quantitative estimate of drug-likeness (QED) is 0.539. The third-order valence-corrected chi connectivity index (χ3v) is 3.68. The smallest absolute Gasteiger partial charge is 0.331 e. The van der Waals surface area contributed by atoms with Crippen molar-refractivity contribution in [2.75, 3.05) is 14.2 Å². The number of ether oxygens (including phenoxy) is 3. The summed E-state index contributed by atoms with van der Waals surface area (Å²) < 4.78 is 29.8. The van der Waals surface area contributed by atoms with Crippen LogP contribution in [0.1, 0.15) is 11.1 Å². The highest BCUT2D eigenvalue weighted by atomic mass is 79.9. The Morgan fingerprint density at radius 1 is 1.12 bits per heavy atom. The maximum absolute atomic E-state index is 13.6. The van der Waals surface area contributed by atoms with Crippen LogP contribution in [0.5, 0.6) is 11.5 Å². The van der Waals surface area contributed by atoms with Crippen LogP contribution in [0.3, 0.4) is 0 Å². The minimum absolute atomic E-state index is 0.0739. The van der Waals surface area contributed by atoms with Gasteiger partial charge in [-0.2, -0.15) is 0 Å². The number of hydrogen-bond donors (Lipinski definition) is 0. The van der Waals surface area contributed by atoms with Crippen molar-refractivity contribution in [3.63, 3.8) is 0 Å². The Balaban J connectivity index is 1.98. The Labute approximate surface area is 148 Å². The van der Waals surface area contributed by atoms with Crippen LogP contribution in [0.15, 0.2) is 46.9 Å². The minimum atomic E-state index is -0.566. The van der Waals surface area contributed by atoms with Crippen molar-refractivity contribution in [3.05, 3.63) is 63.9 Å². The Kier molecular flexibility index (Phi) is 6.37. The lowest BCUT2D eigenvalue weighted by Gasteiger charge is -2.09. The summed E-state index contributed by atoms with van der Waals surface area (Å²) in [5.74, 6) is 0.168. The molecule has 4 nitrogen and oxygen atoms in total. The Bertz CT molecular complexity index is 759. The fraction of sp³-hybridized carbons (Fsp3) is 0.167. The summed E-state index contributed by atoms with van der Waals surface area (Å²) in [5.41, 5.74) is 1.05. The lowest BCUT2D eigenvalue weighted by molar-refractivity contribution is -0.138. The predicted octanol–water partition coefficient (Wildman–Crippen LogP) is 4.36. The van der Waals surface area contributed by atoms with E-state index in [9.17, 15) is 9.18 Å². The van der Waals surface area contributed by atoms with Gasteiger partial charge >= 0.3 is 5.97 Å². The highest BCUT2D eigenvalue weighted by Crippen LogP contribution is 2.27. The van der Waals surface area contributed by atoms with Crippen molar-refractivity contribution in [3.8, 4) is 11.5 Å². The molecule has 0 heterocycles. The van der Waals surface area contributed by atoms with Gasteiger partial charge in [0, 0.05) is 16.1 Å². The monoisotopic (exact) mass is 394 g/mol. The van der Waals surface area contributed by atoms with Crippen molar-refractivity contribution in [2.24, 2.45) is 0 Å². The van der Waals surface area contributed by atoms with E-state index in [1.807, 2.05) is 0 Å². The molecule has 0 spiro atoms. The first-order valence-electron chi connectivity index (χ1n) is 7.04. The molecule has 0 aliphatic heterocycles. The van der Waals surface area contributed by atoms with Crippen LogP contribution in [0.4, 0.5) is 4.39 Å². The zero-order valence-electron chi connectivity index (χ0n) is 13.2. The second-order valence-corrected chi connectivity index (χ2v) is 5.71. The molecule has 0 unspecified atom stereocenters. The Morgan fingerprint density at radius 2 is 1.88 bits per heavy atom. The first-order valence-corrected chi connectivity index (χ1v) is 7.83. The number of halogens is 2. The topological polar surface area (TPSA) is 44.8 Å². The molecule has 0 fully saturated rings. The lowest BCUT2D eigenvalue weighted by atomic mass is 10.2. The van der Waals surface area contributed by atoms with E-state index in [1.165, 1.54) is 25.3 Å². The van der Waals surface area contributed by atoms with Crippen molar-refractivity contribution in [2.45, 2.75) is 6.61 Å². The summed E-state index contributed by atoms with van der Waals surface area (Å²) in [6.07, 6.45) is 2.56. The molecule has 0 saturated heterocycles. The van der Waals surface area contributed by atoms with Crippen LogP contribution in [-0.4, -0.2) is 20.2 Å². The molecule has 2 aromatic rings. The van der Waals surface area contributed by atoms with Gasteiger partial charge in [0.15, 0.2) is 11.5 Å². The maximum Gasteiger partial charge on any atom is 0.331 e. The van der Waals surface area contributed by atoms with Crippen LogP contribution in [-0.2, 0) is 16.1 Å². The summed E-state index contributed by atoms with van der Waals surface area (Å²) in [4.78, 5) is 11.8. The summed E-state index contributed by atoms with van der Waals surface area (Å²) in [6, 6.07) is 9.71. The van der Waals surface area contributed by atoms with E-state index in [4.69, 9.17) is 14.2 Å². The molecule has 0 saturated carbocycles. The van der Waals surface area contributed by atoms with Crippen LogP contribution >= 0.6 is 15.9 Å². The second kappa shape index (κ2) is 8.49. The van der Waals surface area contributed by atoms with Gasteiger partial charge in [-0.25, -0.2) is 9.18 Å². The Hall–Kier alpha value is -2.34. The van der Waals surface area contributed by atoms with Gasteiger partial charge < -0.3 is 14.2 Å². The van der Waals surface area contributed by atoms with Crippen molar-refractivity contribution in [1.29, 1.82) is 0 Å². The molecule has 0 N–H and O–H groups in total. The minimum Gasteiger partial charge on any atom is -0.493 e. The maximum atomic E-state index is 13.6. The number of carbonyl (C=O) groups excluding carboxylic acids is 1. The summed E-state index contributed by atoms with van der Waals surface area (Å²) >= 11 is 3.25. The van der Waals surface area contributed by atoms with E-state index in [0.717, 1.165) is 10.0 Å². The van der Waals surface area contributed by atoms with E-state index in [0.29, 0.717) is 17.1 Å². The normalized spacial score (nSPS) is 10.7. The Morgan fingerprint density at radius 3 is 2.58 bits per heavy atom. The van der Waals surface area contributed by atoms with E-state index in [2.05, 4.69) is 15.9 Å². The molecule has 0 atom stereocenters. The van der Waals surface area contributed by atoms with E-state index >= 15 is 0 Å². The van der Waals surface area contributed by atoms with E-state index in [1.54, 1.807) is 37.4 Å². The summed E-state index contributed by atoms with van der Waals surface area (Å²) in [6.45, 7) is 0.0739. The predicted molar refractivity (Wildman–Crippen MR) is 92.5 cm³/mol. The van der Waals surface area contributed by atoms with Crippen molar-refractivity contribution >= 4 is 28.0 Å². The van der Waals surface area contributed by atoms with Gasteiger partial charge in [0.25, 0.3) is 0 Å². The number of hydrogen-bond acceptors (Lipinski definition) is 4. The molecule has 2 rings (SSSR count). The third-order valence-electron chi connectivity index (χ3n) is 3.19. The SMILES string of the molecule is COc1ccc(COC(=O)/C=C/c2cc(Br)ccc2F)cc1OC. The number of esters is 1. The average Bonchev–Trinajstić information content (AvgIpc) is 2.60. The van der Waals surface area contributed by atoms with Crippen LogP contribution in [0.2, 0.25) is 0 Å². The molecule has 0 bridgehead atoms. The number of methoxy groups -OCH3 is 2. The van der Waals surface area contributed by atoms with Gasteiger partial charge in [-0.05, 0) is 42.0 Å². The van der Waals surface area contributed by atoms with Crippen molar-refractivity contribution < 1.29 is 23.4 Å². The summed E-state index contributed by atoms with van der Waals surface area (Å²) in [5, 5.41) is 0. The van der Waals surface area contributed by atoms with Gasteiger partial charge in [-0.3, -0.25) is 0 Å². The first kappa shape index (κ1) is 18.0. The zero-order valence-corrected chi connectivity index (χ0v) is 14.8. The molecule has 24 heavy (non-hydrogen) atoms.